The Morgan fingerprint density at radius 1 is 0.844 bits per heavy atom. The normalized spacial score (nSPS) is 12.7. The standard InChI is InChI=1S/C46H61ClN4O13/c1-11-14-15-16-31(35(12-2)51(27-52)64-43(57)30-20-18-29(59-10)24-33(30)47)40(54)48-26-49-42(56)37-22-21-36(61-37)28-17-19-32(38(23-28)60-13-3)41(55)50-34(44(58)63-46(7,8)9)25-39(53)62-45(4,5)6/h17-24,27,31,34-35H,11-16,25-26H2,1-10H3,(H,48,54)(H,49,56)(H,50,55)/t31?,34?,35-/m1/s1. The fourth-order valence-electron chi connectivity index (χ4n) is 6.39. The Balaban J connectivity index is 1.74. The monoisotopic (exact) mass is 912 g/mol. The van der Waals surface area contributed by atoms with Crippen LogP contribution in [0.4, 0.5) is 0 Å². The lowest BCUT2D eigenvalue weighted by molar-refractivity contribution is -0.171. The first-order valence-electron chi connectivity index (χ1n) is 21.1. The van der Waals surface area contributed by atoms with E-state index in [0.717, 1.165) is 17.9 Å². The fourth-order valence-corrected chi connectivity index (χ4v) is 6.64. The highest BCUT2D eigenvalue weighted by Crippen LogP contribution is 2.30. The van der Waals surface area contributed by atoms with Gasteiger partial charge < -0.3 is 44.2 Å². The molecule has 0 radical (unpaired) electrons. The van der Waals surface area contributed by atoms with E-state index in [9.17, 15) is 33.6 Å². The molecule has 18 heteroatoms. The highest BCUT2D eigenvalue weighted by Gasteiger charge is 2.35. The van der Waals surface area contributed by atoms with Gasteiger partial charge in [0.1, 0.15) is 34.5 Å². The molecule has 1 heterocycles. The van der Waals surface area contributed by atoms with Crippen molar-refractivity contribution >= 4 is 53.6 Å². The molecule has 0 spiro atoms. The summed E-state index contributed by atoms with van der Waals surface area (Å²) in [6.45, 7) is 15.4. The first kappa shape index (κ1) is 52.2. The third-order valence-corrected chi connectivity index (χ3v) is 9.61. The lowest BCUT2D eigenvalue weighted by atomic mass is 9.90. The van der Waals surface area contributed by atoms with Gasteiger partial charge in [-0.1, -0.05) is 50.8 Å². The molecule has 3 rings (SSSR count). The molecule has 0 fully saturated rings. The van der Waals surface area contributed by atoms with Crippen molar-refractivity contribution in [3.63, 3.8) is 0 Å². The van der Waals surface area contributed by atoms with E-state index in [1.54, 1.807) is 67.5 Å². The molecule has 1 aromatic heterocycles. The Morgan fingerprint density at radius 2 is 1.53 bits per heavy atom. The van der Waals surface area contributed by atoms with E-state index in [1.165, 1.54) is 43.5 Å². The number of benzene rings is 2. The summed E-state index contributed by atoms with van der Waals surface area (Å²) >= 11 is 6.26. The average Bonchev–Trinajstić information content (AvgIpc) is 3.72. The van der Waals surface area contributed by atoms with Crippen molar-refractivity contribution in [2.75, 3.05) is 20.4 Å². The number of hydroxylamine groups is 2. The van der Waals surface area contributed by atoms with Crippen LogP contribution in [0.5, 0.6) is 11.5 Å². The molecule has 17 nitrogen and oxygen atoms in total. The van der Waals surface area contributed by atoms with Crippen LogP contribution in [0.15, 0.2) is 52.9 Å². The summed E-state index contributed by atoms with van der Waals surface area (Å²) in [5.41, 5.74) is -1.23. The number of esters is 2. The van der Waals surface area contributed by atoms with E-state index in [1.807, 2.05) is 6.92 Å². The summed E-state index contributed by atoms with van der Waals surface area (Å²) < 4.78 is 27.6. The van der Waals surface area contributed by atoms with Crippen molar-refractivity contribution in [1.29, 1.82) is 0 Å². The van der Waals surface area contributed by atoms with Gasteiger partial charge >= 0.3 is 17.9 Å². The second kappa shape index (κ2) is 24.1. The zero-order valence-corrected chi connectivity index (χ0v) is 39.0. The van der Waals surface area contributed by atoms with Gasteiger partial charge in [0.05, 0.1) is 54.9 Å². The summed E-state index contributed by atoms with van der Waals surface area (Å²) in [7, 11) is 1.45. The second-order valence-corrected chi connectivity index (χ2v) is 17.1. The molecule has 64 heavy (non-hydrogen) atoms. The van der Waals surface area contributed by atoms with Crippen LogP contribution >= 0.6 is 11.6 Å². The number of furan rings is 1. The van der Waals surface area contributed by atoms with Crippen molar-refractivity contribution in [3.8, 4) is 22.8 Å². The minimum absolute atomic E-state index is 0.00213. The van der Waals surface area contributed by atoms with Gasteiger partial charge in [0.25, 0.3) is 11.8 Å². The molecule has 0 aliphatic carbocycles. The summed E-state index contributed by atoms with van der Waals surface area (Å²) in [5, 5.41) is 8.77. The third-order valence-electron chi connectivity index (χ3n) is 9.29. The van der Waals surface area contributed by atoms with E-state index < -0.39 is 71.3 Å². The van der Waals surface area contributed by atoms with Crippen LogP contribution in [0.1, 0.15) is 132 Å². The van der Waals surface area contributed by atoms with Crippen LogP contribution in [0.25, 0.3) is 11.3 Å². The number of rotatable bonds is 23. The van der Waals surface area contributed by atoms with Crippen LogP contribution < -0.4 is 25.4 Å². The third kappa shape index (κ3) is 15.9. The maximum absolute atomic E-state index is 13.7. The Hall–Kier alpha value is -6.10. The quantitative estimate of drug-likeness (QED) is 0.0283. The van der Waals surface area contributed by atoms with Gasteiger partial charge in [0.2, 0.25) is 12.3 Å². The van der Waals surface area contributed by atoms with Crippen LogP contribution in [-0.4, -0.2) is 90.8 Å². The first-order chi connectivity index (χ1) is 30.1. The number of nitrogens with one attached hydrogen (secondary N) is 3. The van der Waals surface area contributed by atoms with Crippen molar-refractivity contribution in [2.24, 2.45) is 5.92 Å². The Kier molecular flexibility index (Phi) is 19.7. The summed E-state index contributed by atoms with van der Waals surface area (Å²) in [6.07, 6.45) is 2.81. The largest absolute Gasteiger partial charge is 0.497 e. The van der Waals surface area contributed by atoms with Gasteiger partial charge in [-0.2, -0.15) is 5.06 Å². The topological polar surface area (TPSA) is 218 Å². The van der Waals surface area contributed by atoms with Crippen LogP contribution in [0, 0.1) is 5.92 Å². The van der Waals surface area contributed by atoms with Crippen LogP contribution in [0.3, 0.4) is 0 Å². The zero-order chi connectivity index (χ0) is 47.8. The molecular weight excluding hydrogens is 852 g/mol. The molecule has 0 saturated heterocycles. The molecule has 3 N–H and O–H groups in total. The number of halogens is 1. The number of hydrogen-bond acceptors (Lipinski definition) is 13. The molecule has 4 amide bonds. The molecule has 2 unspecified atom stereocenters. The van der Waals surface area contributed by atoms with Crippen molar-refractivity contribution in [2.45, 2.75) is 124 Å². The van der Waals surface area contributed by atoms with E-state index in [4.69, 9.17) is 39.8 Å². The van der Waals surface area contributed by atoms with Gasteiger partial charge in [-0.25, -0.2) is 9.59 Å². The maximum atomic E-state index is 13.7. The van der Waals surface area contributed by atoms with Crippen molar-refractivity contribution < 1.29 is 61.8 Å². The molecule has 3 atom stereocenters. The highest BCUT2D eigenvalue weighted by atomic mass is 35.5. The van der Waals surface area contributed by atoms with Crippen molar-refractivity contribution in [1.82, 2.24) is 21.0 Å². The molecule has 0 saturated carbocycles. The fraction of sp³-hybridized carbons (Fsp3) is 0.500. The number of carbonyl (C=O) groups is 7. The molecule has 3 aromatic rings. The van der Waals surface area contributed by atoms with Gasteiger partial charge in [-0.15, -0.1) is 0 Å². The lowest BCUT2D eigenvalue weighted by Gasteiger charge is -2.31. The smallest absolute Gasteiger partial charge is 0.364 e. The lowest BCUT2D eigenvalue weighted by Crippen LogP contribution is -2.49. The molecular formula is C46H61ClN4O13. The number of ether oxygens (including phenoxy) is 4. The summed E-state index contributed by atoms with van der Waals surface area (Å²) in [4.78, 5) is 97.1. The van der Waals surface area contributed by atoms with E-state index >= 15 is 0 Å². The predicted octanol–water partition coefficient (Wildman–Crippen LogP) is 7.19. The number of nitrogens with zero attached hydrogens (tertiary/aromatic N) is 1. The number of methoxy groups -OCH3 is 1. The number of carbonyl (C=O) groups excluding carboxylic acids is 7. The first-order valence-corrected chi connectivity index (χ1v) is 21.5. The number of hydrogen-bond donors (Lipinski definition) is 3. The number of amides is 4. The van der Waals surface area contributed by atoms with E-state index in [0.29, 0.717) is 30.6 Å². The summed E-state index contributed by atoms with van der Waals surface area (Å²) in [5.74, 6) is -4.37. The van der Waals surface area contributed by atoms with Gasteiger partial charge in [-0.3, -0.25) is 24.0 Å². The summed E-state index contributed by atoms with van der Waals surface area (Å²) in [6, 6.07) is 9.66. The van der Waals surface area contributed by atoms with E-state index in [2.05, 4.69) is 16.0 Å². The van der Waals surface area contributed by atoms with Crippen LogP contribution in [0.2, 0.25) is 5.02 Å². The van der Waals surface area contributed by atoms with E-state index in [-0.39, 0.29) is 53.1 Å². The Morgan fingerprint density at radius 3 is 2.12 bits per heavy atom. The zero-order valence-electron chi connectivity index (χ0n) is 38.2. The SMILES string of the molecule is CCCCCC(C(=O)NCNC(=O)c1ccc(-c2ccc(C(=O)NC(CC(=O)OC(C)(C)C)C(=O)OC(C)(C)C)c(OCC)c2)o1)[C@@H](CC)N(C=O)OC(=O)c1ccc(OC)cc1Cl. The molecule has 350 valence electrons. The minimum atomic E-state index is -1.37. The molecule has 2 aromatic carbocycles. The second-order valence-electron chi connectivity index (χ2n) is 16.6. The van der Waals surface area contributed by atoms with Gasteiger partial charge in [-0.05, 0) is 104 Å². The van der Waals surface area contributed by atoms with Crippen molar-refractivity contribution in [3.05, 3.63) is 70.4 Å². The maximum Gasteiger partial charge on any atom is 0.364 e. The predicted molar refractivity (Wildman–Crippen MR) is 236 cm³/mol. The Labute approximate surface area is 379 Å². The Bertz CT molecular complexity index is 2110. The van der Waals surface area contributed by atoms with Gasteiger partial charge in [0.15, 0.2) is 5.76 Å². The average molecular weight is 913 g/mol. The van der Waals surface area contributed by atoms with Crippen LogP contribution in [-0.2, 0) is 33.5 Å². The molecule has 0 aliphatic rings. The minimum Gasteiger partial charge on any atom is -0.497 e. The molecule has 0 aliphatic heterocycles. The highest BCUT2D eigenvalue weighted by molar-refractivity contribution is 6.33. The number of unbranched alkanes of at least 4 members (excludes halogenated alkanes) is 2. The molecule has 0 bridgehead atoms. The van der Waals surface area contributed by atoms with Gasteiger partial charge in [0, 0.05) is 5.56 Å².